The fourth-order valence-electron chi connectivity index (χ4n) is 1.76. The molecule has 2 aromatic carbocycles. The van der Waals surface area contributed by atoms with Gasteiger partial charge in [0.25, 0.3) is 0 Å². The van der Waals surface area contributed by atoms with Crippen molar-refractivity contribution in [2.24, 2.45) is 5.73 Å². The molecule has 0 aliphatic carbocycles. The summed E-state index contributed by atoms with van der Waals surface area (Å²) in [5.74, 6) is 0.0851. The van der Waals surface area contributed by atoms with Gasteiger partial charge < -0.3 is 5.73 Å². The van der Waals surface area contributed by atoms with Gasteiger partial charge in [-0.3, -0.25) is 4.79 Å². The summed E-state index contributed by atoms with van der Waals surface area (Å²) in [5.41, 5.74) is 7.73. The minimum Gasteiger partial charge on any atom is -0.324 e. The van der Waals surface area contributed by atoms with Crippen LogP contribution < -0.4 is 5.73 Å². The lowest BCUT2D eigenvalue weighted by Crippen LogP contribution is -2.15. The molecule has 2 aromatic rings. The maximum atomic E-state index is 11.9. The third kappa shape index (κ3) is 3.02. The number of hydrogen-bond donors (Lipinski definition) is 1. The third-order valence-electron chi connectivity index (χ3n) is 2.73. The van der Waals surface area contributed by atoms with Crippen LogP contribution in [0.1, 0.15) is 28.4 Å². The Hall–Kier alpha value is -1.93. The highest BCUT2D eigenvalue weighted by atomic mass is 16.1. The molecular weight excluding hydrogens is 210 g/mol. The topological polar surface area (TPSA) is 43.1 Å². The highest BCUT2D eigenvalue weighted by Crippen LogP contribution is 2.16. The Morgan fingerprint density at radius 2 is 1.47 bits per heavy atom. The molecular formula is C15H15NO. The van der Waals surface area contributed by atoms with Crippen LogP contribution in [-0.4, -0.2) is 5.78 Å². The molecule has 0 amide bonds. The second-order valence-corrected chi connectivity index (χ2v) is 4.01. The van der Waals surface area contributed by atoms with Crippen molar-refractivity contribution in [3.63, 3.8) is 0 Å². The quantitative estimate of drug-likeness (QED) is 0.813. The highest BCUT2D eigenvalue weighted by molar-refractivity contribution is 5.96. The molecule has 0 fully saturated rings. The van der Waals surface area contributed by atoms with Crippen LogP contribution >= 0.6 is 0 Å². The van der Waals surface area contributed by atoms with Gasteiger partial charge in [0, 0.05) is 18.0 Å². The molecule has 0 aromatic heterocycles. The van der Waals surface area contributed by atoms with Gasteiger partial charge in [-0.15, -0.1) is 0 Å². The zero-order valence-electron chi connectivity index (χ0n) is 9.54. The van der Waals surface area contributed by atoms with Crippen LogP contribution in [0.5, 0.6) is 0 Å². The minimum absolute atomic E-state index is 0.0851. The van der Waals surface area contributed by atoms with Crippen molar-refractivity contribution in [1.82, 2.24) is 0 Å². The van der Waals surface area contributed by atoms with Crippen molar-refractivity contribution < 1.29 is 4.79 Å². The van der Waals surface area contributed by atoms with Gasteiger partial charge in [-0.2, -0.15) is 0 Å². The average Bonchev–Trinajstić information content (AvgIpc) is 2.40. The van der Waals surface area contributed by atoms with E-state index in [4.69, 9.17) is 5.73 Å². The van der Waals surface area contributed by atoms with Crippen LogP contribution in [0, 0.1) is 0 Å². The first kappa shape index (κ1) is 11.6. The largest absolute Gasteiger partial charge is 0.324 e. The van der Waals surface area contributed by atoms with Gasteiger partial charge in [-0.05, 0) is 5.56 Å². The van der Waals surface area contributed by atoms with Crippen LogP contribution in [0.2, 0.25) is 0 Å². The van der Waals surface area contributed by atoms with E-state index in [1.54, 1.807) is 0 Å². The number of carbonyl (C=O) groups is 1. The summed E-state index contributed by atoms with van der Waals surface area (Å²) in [6.07, 6.45) is 0.341. The van der Waals surface area contributed by atoms with E-state index in [9.17, 15) is 4.79 Å². The molecule has 0 spiro atoms. The van der Waals surface area contributed by atoms with Crippen LogP contribution in [-0.2, 0) is 0 Å². The molecule has 2 nitrogen and oxygen atoms in total. The number of rotatable bonds is 4. The average molecular weight is 225 g/mol. The van der Waals surface area contributed by atoms with Crippen molar-refractivity contribution in [3.05, 3.63) is 71.8 Å². The Balaban J connectivity index is 2.05. The van der Waals surface area contributed by atoms with Crippen molar-refractivity contribution in [3.8, 4) is 0 Å². The van der Waals surface area contributed by atoms with E-state index >= 15 is 0 Å². The molecule has 1 unspecified atom stereocenters. The van der Waals surface area contributed by atoms with Crippen molar-refractivity contribution in [2.45, 2.75) is 12.5 Å². The summed E-state index contributed by atoms with van der Waals surface area (Å²) in [6.45, 7) is 0. The van der Waals surface area contributed by atoms with Crippen LogP contribution in [0.4, 0.5) is 0 Å². The molecule has 0 heterocycles. The maximum absolute atomic E-state index is 11.9. The number of carbonyl (C=O) groups excluding carboxylic acids is 1. The highest BCUT2D eigenvalue weighted by Gasteiger charge is 2.12. The van der Waals surface area contributed by atoms with Gasteiger partial charge in [0.1, 0.15) is 0 Å². The van der Waals surface area contributed by atoms with Crippen LogP contribution in [0.3, 0.4) is 0 Å². The van der Waals surface area contributed by atoms with Crippen molar-refractivity contribution >= 4 is 5.78 Å². The van der Waals surface area contributed by atoms with E-state index in [1.165, 1.54) is 0 Å². The smallest absolute Gasteiger partial charge is 0.164 e. The first-order chi connectivity index (χ1) is 8.27. The standard InChI is InChI=1S/C15H15NO/c16-14(12-7-3-1-4-8-12)11-15(17)13-9-5-2-6-10-13/h1-10,14H,11,16H2. The predicted octanol–water partition coefficient (Wildman–Crippen LogP) is 2.96. The van der Waals surface area contributed by atoms with Crippen molar-refractivity contribution in [1.29, 1.82) is 0 Å². The van der Waals surface area contributed by atoms with E-state index in [-0.39, 0.29) is 11.8 Å². The molecule has 0 aliphatic heterocycles. The summed E-state index contributed by atoms with van der Waals surface area (Å²) in [5, 5.41) is 0. The number of Topliss-reactive ketones (excluding diaryl/α,β-unsaturated/α-hetero) is 1. The molecule has 0 aliphatic rings. The van der Waals surface area contributed by atoms with Gasteiger partial charge in [0.2, 0.25) is 0 Å². The van der Waals surface area contributed by atoms with Gasteiger partial charge in [-0.1, -0.05) is 60.7 Å². The first-order valence-corrected chi connectivity index (χ1v) is 5.66. The van der Waals surface area contributed by atoms with E-state index in [0.29, 0.717) is 6.42 Å². The van der Waals surface area contributed by atoms with Gasteiger partial charge in [0.05, 0.1) is 0 Å². The molecule has 2 heteroatoms. The zero-order valence-corrected chi connectivity index (χ0v) is 9.54. The predicted molar refractivity (Wildman–Crippen MR) is 68.8 cm³/mol. The van der Waals surface area contributed by atoms with Gasteiger partial charge in [0.15, 0.2) is 5.78 Å². The molecule has 0 saturated heterocycles. The number of nitrogens with two attached hydrogens (primary N) is 1. The lowest BCUT2D eigenvalue weighted by atomic mass is 9.99. The van der Waals surface area contributed by atoms with E-state index in [2.05, 4.69) is 0 Å². The Bertz CT molecular complexity index is 479. The second kappa shape index (κ2) is 5.41. The molecule has 0 saturated carbocycles. The Labute approximate surface area is 101 Å². The molecule has 17 heavy (non-hydrogen) atoms. The summed E-state index contributed by atoms with van der Waals surface area (Å²) in [4.78, 5) is 11.9. The van der Waals surface area contributed by atoms with E-state index in [0.717, 1.165) is 11.1 Å². The molecule has 0 radical (unpaired) electrons. The molecule has 0 bridgehead atoms. The number of hydrogen-bond acceptors (Lipinski definition) is 2. The molecule has 2 N–H and O–H groups in total. The molecule has 1 atom stereocenters. The number of benzene rings is 2. The Kier molecular flexibility index (Phi) is 3.68. The minimum atomic E-state index is -0.232. The molecule has 2 rings (SSSR count). The summed E-state index contributed by atoms with van der Waals surface area (Å²) in [6, 6.07) is 18.7. The SMILES string of the molecule is NC(CC(=O)c1ccccc1)c1ccccc1. The van der Waals surface area contributed by atoms with Gasteiger partial charge >= 0.3 is 0 Å². The molecule has 86 valence electrons. The third-order valence-corrected chi connectivity index (χ3v) is 2.73. The first-order valence-electron chi connectivity index (χ1n) is 5.66. The Morgan fingerprint density at radius 1 is 0.941 bits per heavy atom. The van der Waals surface area contributed by atoms with E-state index in [1.807, 2.05) is 60.7 Å². The summed E-state index contributed by atoms with van der Waals surface area (Å²) in [7, 11) is 0. The fourth-order valence-corrected chi connectivity index (χ4v) is 1.76. The van der Waals surface area contributed by atoms with E-state index < -0.39 is 0 Å². The summed E-state index contributed by atoms with van der Waals surface area (Å²) < 4.78 is 0. The second-order valence-electron chi connectivity index (χ2n) is 4.01. The summed E-state index contributed by atoms with van der Waals surface area (Å²) >= 11 is 0. The Morgan fingerprint density at radius 3 is 2.06 bits per heavy atom. The lowest BCUT2D eigenvalue weighted by molar-refractivity contribution is 0.0974. The van der Waals surface area contributed by atoms with Crippen LogP contribution in [0.25, 0.3) is 0 Å². The number of ketones is 1. The normalized spacial score (nSPS) is 12.1. The van der Waals surface area contributed by atoms with Crippen molar-refractivity contribution in [2.75, 3.05) is 0 Å². The zero-order chi connectivity index (χ0) is 12.1. The van der Waals surface area contributed by atoms with Gasteiger partial charge in [-0.25, -0.2) is 0 Å². The fraction of sp³-hybridized carbons (Fsp3) is 0.133. The lowest BCUT2D eigenvalue weighted by Gasteiger charge is -2.10. The maximum Gasteiger partial charge on any atom is 0.164 e. The van der Waals surface area contributed by atoms with Crippen LogP contribution in [0.15, 0.2) is 60.7 Å². The monoisotopic (exact) mass is 225 g/mol.